The molecule has 1 amide bonds. The van der Waals surface area contributed by atoms with E-state index < -0.39 is 0 Å². The maximum atomic E-state index is 12.5. The van der Waals surface area contributed by atoms with Gasteiger partial charge in [0, 0.05) is 43.1 Å². The number of hydrogen-bond donors (Lipinski definition) is 1. The van der Waals surface area contributed by atoms with E-state index >= 15 is 0 Å². The summed E-state index contributed by atoms with van der Waals surface area (Å²) in [5, 5.41) is 3.65. The first-order valence-electron chi connectivity index (χ1n) is 8.47. The molecule has 0 spiro atoms. The molecule has 0 unspecified atom stereocenters. The number of amides is 1. The molecule has 0 radical (unpaired) electrons. The fraction of sp³-hybridized carbons (Fsp3) is 0.611. The van der Waals surface area contributed by atoms with E-state index in [1.807, 2.05) is 11.8 Å². The van der Waals surface area contributed by atoms with E-state index in [0.29, 0.717) is 11.9 Å². The van der Waals surface area contributed by atoms with Gasteiger partial charge in [0.05, 0.1) is 0 Å². The lowest BCUT2D eigenvalue weighted by atomic mass is 9.85. The van der Waals surface area contributed by atoms with Crippen molar-refractivity contribution in [1.82, 2.24) is 10.2 Å². The first kappa shape index (κ1) is 15.9. The normalized spacial score (nSPS) is 25.9. The van der Waals surface area contributed by atoms with Crippen molar-refractivity contribution in [3.05, 3.63) is 35.9 Å². The number of rotatable bonds is 4. The van der Waals surface area contributed by atoms with Gasteiger partial charge in [-0.1, -0.05) is 30.3 Å². The van der Waals surface area contributed by atoms with Crippen LogP contribution in [0.2, 0.25) is 0 Å². The number of carbonyl (C=O) groups excluding carboxylic acids is 1. The Balaban J connectivity index is 1.41. The molecule has 3 nitrogen and oxygen atoms in total. The van der Waals surface area contributed by atoms with Crippen LogP contribution in [0, 0.1) is 5.92 Å². The minimum Gasteiger partial charge on any atom is -0.341 e. The number of nitrogens with zero attached hydrogens (tertiary/aromatic N) is 1. The smallest absolute Gasteiger partial charge is 0.225 e. The van der Waals surface area contributed by atoms with E-state index in [1.165, 1.54) is 5.56 Å². The third-order valence-electron chi connectivity index (χ3n) is 4.84. The Bertz CT molecular complexity index is 465. The molecule has 0 atom stereocenters. The fourth-order valence-corrected chi connectivity index (χ4v) is 4.35. The van der Waals surface area contributed by atoms with E-state index in [4.69, 9.17) is 0 Å². The van der Waals surface area contributed by atoms with Gasteiger partial charge in [0.2, 0.25) is 5.91 Å². The Morgan fingerprint density at radius 3 is 2.45 bits per heavy atom. The van der Waals surface area contributed by atoms with Crippen molar-refractivity contribution in [2.75, 3.05) is 24.6 Å². The van der Waals surface area contributed by atoms with Gasteiger partial charge in [-0.2, -0.15) is 11.8 Å². The van der Waals surface area contributed by atoms with Gasteiger partial charge in [0.15, 0.2) is 0 Å². The van der Waals surface area contributed by atoms with E-state index in [-0.39, 0.29) is 5.92 Å². The number of nitrogens with one attached hydrogen (secondary N) is 1. The summed E-state index contributed by atoms with van der Waals surface area (Å²) >= 11 is 1.96. The molecule has 120 valence electrons. The maximum Gasteiger partial charge on any atom is 0.225 e. The van der Waals surface area contributed by atoms with Crippen molar-refractivity contribution in [2.45, 2.75) is 38.3 Å². The summed E-state index contributed by atoms with van der Waals surface area (Å²) in [6.45, 7) is 2.85. The number of thioether (sulfide) groups is 1. The van der Waals surface area contributed by atoms with Crippen LogP contribution in [0.25, 0.3) is 0 Å². The van der Waals surface area contributed by atoms with E-state index in [9.17, 15) is 4.79 Å². The lowest BCUT2D eigenvalue weighted by molar-refractivity contribution is -0.136. The van der Waals surface area contributed by atoms with Gasteiger partial charge in [0.1, 0.15) is 0 Å². The monoisotopic (exact) mass is 318 g/mol. The molecular formula is C18H26N2OS. The van der Waals surface area contributed by atoms with Crippen LogP contribution in [-0.4, -0.2) is 41.4 Å². The second kappa shape index (κ2) is 8.02. The fourth-order valence-electron chi connectivity index (χ4n) is 3.44. The summed E-state index contributed by atoms with van der Waals surface area (Å²) < 4.78 is 0. The van der Waals surface area contributed by atoms with E-state index in [1.54, 1.807) is 0 Å². The summed E-state index contributed by atoms with van der Waals surface area (Å²) in [4.78, 5) is 14.6. The highest BCUT2D eigenvalue weighted by atomic mass is 32.2. The van der Waals surface area contributed by atoms with Crippen molar-refractivity contribution in [2.24, 2.45) is 5.92 Å². The van der Waals surface area contributed by atoms with Gasteiger partial charge < -0.3 is 10.2 Å². The maximum absolute atomic E-state index is 12.5. The molecule has 1 aliphatic carbocycles. The van der Waals surface area contributed by atoms with Crippen LogP contribution >= 0.6 is 11.8 Å². The van der Waals surface area contributed by atoms with Crippen molar-refractivity contribution in [1.29, 1.82) is 0 Å². The van der Waals surface area contributed by atoms with Crippen LogP contribution in [0.1, 0.15) is 31.2 Å². The highest BCUT2D eigenvalue weighted by Crippen LogP contribution is 2.27. The molecule has 2 fully saturated rings. The molecule has 1 heterocycles. The molecule has 1 aliphatic heterocycles. The predicted molar refractivity (Wildman–Crippen MR) is 92.9 cm³/mol. The Kier molecular flexibility index (Phi) is 5.79. The topological polar surface area (TPSA) is 32.3 Å². The molecule has 1 aromatic rings. The average Bonchev–Trinajstić information content (AvgIpc) is 2.61. The zero-order chi connectivity index (χ0) is 15.2. The third-order valence-corrected chi connectivity index (χ3v) is 5.78. The van der Waals surface area contributed by atoms with Gasteiger partial charge in [-0.25, -0.2) is 0 Å². The first-order valence-corrected chi connectivity index (χ1v) is 9.62. The zero-order valence-electron chi connectivity index (χ0n) is 13.2. The molecule has 22 heavy (non-hydrogen) atoms. The summed E-state index contributed by atoms with van der Waals surface area (Å²) in [6.07, 6.45) is 4.36. The quantitative estimate of drug-likeness (QED) is 0.926. The molecule has 3 rings (SSSR count). The van der Waals surface area contributed by atoms with Gasteiger partial charge >= 0.3 is 0 Å². The summed E-state index contributed by atoms with van der Waals surface area (Å²) in [6, 6.07) is 11.1. The molecule has 0 aromatic heterocycles. The molecule has 2 aliphatic rings. The third kappa shape index (κ3) is 4.26. The molecule has 1 N–H and O–H groups in total. The number of carbonyl (C=O) groups is 1. The molecule has 1 saturated heterocycles. The average molecular weight is 318 g/mol. The molecule has 1 aromatic carbocycles. The van der Waals surface area contributed by atoms with Crippen molar-refractivity contribution in [3.63, 3.8) is 0 Å². The van der Waals surface area contributed by atoms with Gasteiger partial charge in [0.25, 0.3) is 0 Å². The van der Waals surface area contributed by atoms with Crippen LogP contribution in [0.15, 0.2) is 30.3 Å². The molecular weight excluding hydrogens is 292 g/mol. The van der Waals surface area contributed by atoms with Crippen molar-refractivity contribution >= 4 is 17.7 Å². The molecule has 0 bridgehead atoms. The highest BCUT2D eigenvalue weighted by Gasteiger charge is 2.29. The largest absolute Gasteiger partial charge is 0.341 e. The standard InChI is InChI=1S/C18H26N2OS/c21-18(20-10-12-22-13-11-20)16-6-8-17(9-7-16)19-14-15-4-2-1-3-5-15/h1-5,16-17,19H,6-14H2. The minimum atomic E-state index is 0.276. The highest BCUT2D eigenvalue weighted by molar-refractivity contribution is 7.99. The van der Waals surface area contributed by atoms with Crippen LogP contribution < -0.4 is 5.32 Å². The second-order valence-corrected chi connectivity index (χ2v) is 7.58. The molecule has 4 heteroatoms. The second-order valence-electron chi connectivity index (χ2n) is 6.35. The van der Waals surface area contributed by atoms with Crippen LogP contribution in [-0.2, 0) is 11.3 Å². The minimum absolute atomic E-state index is 0.276. The Morgan fingerprint density at radius 2 is 1.77 bits per heavy atom. The lowest BCUT2D eigenvalue weighted by Crippen LogP contribution is -2.44. The summed E-state index contributed by atoms with van der Waals surface area (Å²) in [5.74, 6) is 2.92. The lowest BCUT2D eigenvalue weighted by Gasteiger charge is -2.34. The zero-order valence-corrected chi connectivity index (χ0v) is 14.0. The van der Waals surface area contributed by atoms with Gasteiger partial charge in [-0.05, 0) is 31.2 Å². The summed E-state index contributed by atoms with van der Waals surface area (Å²) in [7, 11) is 0. The van der Waals surface area contributed by atoms with E-state index in [0.717, 1.165) is 56.8 Å². The number of benzene rings is 1. The van der Waals surface area contributed by atoms with Gasteiger partial charge in [-0.15, -0.1) is 0 Å². The molecule has 1 saturated carbocycles. The van der Waals surface area contributed by atoms with Crippen LogP contribution in [0.5, 0.6) is 0 Å². The first-order chi connectivity index (χ1) is 10.8. The Labute approximate surface area is 137 Å². The SMILES string of the molecule is O=C(C1CCC(NCc2ccccc2)CC1)N1CCSCC1. The Morgan fingerprint density at radius 1 is 1.09 bits per heavy atom. The van der Waals surface area contributed by atoms with Gasteiger partial charge in [-0.3, -0.25) is 4.79 Å². The van der Waals surface area contributed by atoms with Crippen molar-refractivity contribution in [3.8, 4) is 0 Å². The number of hydrogen-bond acceptors (Lipinski definition) is 3. The van der Waals surface area contributed by atoms with Crippen LogP contribution in [0.3, 0.4) is 0 Å². The predicted octanol–water partition coefficient (Wildman–Crippen LogP) is 2.91. The van der Waals surface area contributed by atoms with E-state index in [2.05, 4.69) is 40.5 Å². The Hall–Kier alpha value is -1.000. The summed E-state index contributed by atoms with van der Waals surface area (Å²) in [5.41, 5.74) is 1.34. The van der Waals surface area contributed by atoms with Crippen LogP contribution in [0.4, 0.5) is 0 Å². The van der Waals surface area contributed by atoms with Crippen molar-refractivity contribution < 1.29 is 4.79 Å².